The van der Waals surface area contributed by atoms with Gasteiger partial charge in [0, 0.05) is 25.2 Å². The van der Waals surface area contributed by atoms with Crippen molar-refractivity contribution in [2.45, 2.75) is 111 Å². The third-order valence-electron chi connectivity index (χ3n) is 7.10. The molecule has 0 aromatic heterocycles. The third kappa shape index (κ3) is 8.43. The van der Waals surface area contributed by atoms with Crippen LogP contribution in [0.1, 0.15) is 92.9 Å². The molecule has 2 amide bonds. The summed E-state index contributed by atoms with van der Waals surface area (Å²) in [6.45, 7) is 12.3. The lowest BCUT2D eigenvalue weighted by molar-refractivity contribution is -0.139. The van der Waals surface area contributed by atoms with Gasteiger partial charge in [0.1, 0.15) is 6.04 Å². The van der Waals surface area contributed by atoms with E-state index in [0.29, 0.717) is 31.6 Å². The van der Waals surface area contributed by atoms with E-state index in [1.54, 1.807) is 31.9 Å². The standard InChI is InChI=1S/C26H47N3O4/c1-8-20(6)28-26(9-2,10-3)25(32)27-22(21-15-13-12-14-16-21)23(30)29(7)18-17-19(5)24(31)33-11-4/h17,20-22,28H,8-16,18H2,1-7H3,(H,27,32)/b19-17+. The molecule has 0 aromatic carbocycles. The van der Waals surface area contributed by atoms with Gasteiger partial charge in [-0.25, -0.2) is 4.79 Å². The maximum Gasteiger partial charge on any atom is 0.333 e. The van der Waals surface area contributed by atoms with Crippen LogP contribution in [0.15, 0.2) is 11.6 Å². The molecule has 190 valence electrons. The van der Waals surface area contributed by atoms with Gasteiger partial charge in [-0.2, -0.15) is 0 Å². The lowest BCUT2D eigenvalue weighted by atomic mass is 9.82. The van der Waals surface area contributed by atoms with E-state index in [0.717, 1.165) is 32.1 Å². The highest BCUT2D eigenvalue weighted by Crippen LogP contribution is 2.28. The Morgan fingerprint density at radius 1 is 1.09 bits per heavy atom. The molecule has 2 atom stereocenters. The highest BCUT2D eigenvalue weighted by Gasteiger charge is 2.40. The van der Waals surface area contributed by atoms with Crippen molar-refractivity contribution < 1.29 is 19.1 Å². The monoisotopic (exact) mass is 465 g/mol. The van der Waals surface area contributed by atoms with Gasteiger partial charge in [-0.05, 0) is 58.8 Å². The summed E-state index contributed by atoms with van der Waals surface area (Å²) in [5.41, 5.74) is -0.217. The molecule has 1 aliphatic rings. The Labute approximate surface area is 201 Å². The smallest absolute Gasteiger partial charge is 0.333 e. The van der Waals surface area contributed by atoms with E-state index in [4.69, 9.17) is 4.74 Å². The minimum absolute atomic E-state index is 0.0941. The molecule has 0 radical (unpaired) electrons. The fourth-order valence-corrected chi connectivity index (χ4v) is 4.47. The van der Waals surface area contributed by atoms with Crippen LogP contribution in [-0.4, -0.2) is 60.5 Å². The van der Waals surface area contributed by atoms with Gasteiger partial charge in [0.15, 0.2) is 0 Å². The summed E-state index contributed by atoms with van der Waals surface area (Å²) in [6, 6.07) is -0.353. The van der Waals surface area contributed by atoms with Crippen LogP contribution in [0.25, 0.3) is 0 Å². The van der Waals surface area contributed by atoms with Crippen LogP contribution in [-0.2, 0) is 19.1 Å². The van der Waals surface area contributed by atoms with E-state index >= 15 is 0 Å². The molecule has 0 aromatic rings. The quantitative estimate of drug-likeness (QED) is 0.317. The maximum atomic E-state index is 13.6. The second-order valence-electron chi connectivity index (χ2n) is 9.42. The zero-order valence-electron chi connectivity index (χ0n) is 22.0. The molecule has 0 spiro atoms. The second-order valence-corrected chi connectivity index (χ2v) is 9.42. The van der Waals surface area contributed by atoms with E-state index in [9.17, 15) is 14.4 Å². The number of nitrogens with one attached hydrogen (secondary N) is 2. The van der Waals surface area contributed by atoms with Gasteiger partial charge in [-0.3, -0.25) is 9.59 Å². The Balaban J connectivity index is 3.07. The largest absolute Gasteiger partial charge is 0.463 e. The molecule has 0 heterocycles. The summed E-state index contributed by atoms with van der Waals surface area (Å²) in [4.78, 5) is 40.6. The van der Waals surface area contributed by atoms with E-state index < -0.39 is 11.6 Å². The van der Waals surface area contributed by atoms with Gasteiger partial charge in [0.2, 0.25) is 11.8 Å². The number of esters is 1. The normalized spacial score (nSPS) is 17.2. The van der Waals surface area contributed by atoms with Crippen LogP contribution in [0.5, 0.6) is 0 Å². The van der Waals surface area contributed by atoms with E-state index in [1.165, 1.54) is 6.42 Å². The lowest BCUT2D eigenvalue weighted by Crippen LogP contribution is -2.63. The van der Waals surface area contributed by atoms with Gasteiger partial charge in [-0.15, -0.1) is 0 Å². The van der Waals surface area contributed by atoms with Crippen molar-refractivity contribution in [3.05, 3.63) is 11.6 Å². The summed E-state index contributed by atoms with van der Waals surface area (Å²) in [5, 5.41) is 6.69. The van der Waals surface area contributed by atoms with Crippen molar-refractivity contribution in [1.82, 2.24) is 15.5 Å². The van der Waals surface area contributed by atoms with Gasteiger partial charge in [-0.1, -0.05) is 46.1 Å². The molecule has 0 bridgehead atoms. The zero-order valence-corrected chi connectivity index (χ0v) is 22.0. The van der Waals surface area contributed by atoms with Gasteiger partial charge < -0.3 is 20.3 Å². The van der Waals surface area contributed by atoms with Gasteiger partial charge >= 0.3 is 5.97 Å². The highest BCUT2D eigenvalue weighted by atomic mass is 16.5. The fourth-order valence-electron chi connectivity index (χ4n) is 4.47. The van der Waals surface area contributed by atoms with Crippen LogP contribution in [0.3, 0.4) is 0 Å². The Morgan fingerprint density at radius 2 is 1.70 bits per heavy atom. The van der Waals surface area contributed by atoms with Crippen molar-refractivity contribution in [2.75, 3.05) is 20.2 Å². The van der Waals surface area contributed by atoms with E-state index in [1.807, 2.05) is 13.8 Å². The van der Waals surface area contributed by atoms with Crippen LogP contribution >= 0.6 is 0 Å². The molecular weight excluding hydrogens is 418 g/mol. The summed E-state index contributed by atoms with van der Waals surface area (Å²) >= 11 is 0. The first-order valence-corrected chi connectivity index (χ1v) is 12.8. The molecular formula is C26H47N3O4. The van der Waals surface area contributed by atoms with E-state index in [2.05, 4.69) is 24.5 Å². The van der Waals surface area contributed by atoms with Crippen LogP contribution in [0.4, 0.5) is 0 Å². The second kappa shape index (κ2) is 14.4. The molecule has 1 saturated carbocycles. The Kier molecular flexibility index (Phi) is 12.7. The predicted molar refractivity (Wildman–Crippen MR) is 133 cm³/mol. The molecule has 33 heavy (non-hydrogen) atoms. The molecule has 0 aliphatic heterocycles. The number of rotatable bonds is 13. The lowest BCUT2D eigenvalue weighted by Gasteiger charge is -2.38. The minimum atomic E-state index is -0.693. The van der Waals surface area contributed by atoms with Crippen molar-refractivity contribution in [2.24, 2.45) is 5.92 Å². The van der Waals surface area contributed by atoms with Crippen LogP contribution in [0, 0.1) is 5.92 Å². The number of carbonyl (C=O) groups is 3. The van der Waals surface area contributed by atoms with Crippen molar-refractivity contribution in [1.29, 1.82) is 0 Å². The number of hydrogen-bond acceptors (Lipinski definition) is 5. The summed E-state index contributed by atoms with van der Waals surface area (Å²) in [7, 11) is 1.73. The predicted octanol–water partition coefficient (Wildman–Crippen LogP) is 3.97. The molecule has 7 heteroatoms. The SMILES string of the molecule is CCOC(=O)/C(C)=C/CN(C)C(=O)C(NC(=O)C(CC)(CC)NC(C)CC)C1CCCCC1. The Hall–Kier alpha value is -1.89. The number of nitrogens with zero attached hydrogens (tertiary/aromatic N) is 1. The molecule has 1 fully saturated rings. The number of amides is 2. The van der Waals surface area contributed by atoms with Gasteiger partial charge in [0.05, 0.1) is 12.1 Å². The average Bonchev–Trinajstić information content (AvgIpc) is 2.83. The zero-order chi connectivity index (χ0) is 25.0. The molecule has 0 saturated heterocycles. The maximum absolute atomic E-state index is 13.6. The minimum Gasteiger partial charge on any atom is -0.463 e. The summed E-state index contributed by atoms with van der Waals surface area (Å²) in [6.07, 6.45) is 9.15. The highest BCUT2D eigenvalue weighted by molar-refractivity contribution is 5.92. The number of likely N-dealkylation sites (N-methyl/N-ethyl adjacent to an activating group) is 1. The first-order chi connectivity index (χ1) is 15.6. The van der Waals surface area contributed by atoms with Crippen molar-refractivity contribution in [3.8, 4) is 0 Å². The number of ether oxygens (including phenoxy) is 1. The third-order valence-corrected chi connectivity index (χ3v) is 7.10. The van der Waals surface area contributed by atoms with Crippen molar-refractivity contribution in [3.63, 3.8) is 0 Å². The van der Waals surface area contributed by atoms with Crippen LogP contribution in [0.2, 0.25) is 0 Å². The number of hydrogen-bond donors (Lipinski definition) is 2. The molecule has 1 aliphatic carbocycles. The van der Waals surface area contributed by atoms with Crippen LogP contribution < -0.4 is 10.6 Å². The molecule has 2 unspecified atom stereocenters. The van der Waals surface area contributed by atoms with Gasteiger partial charge in [0.25, 0.3) is 0 Å². The van der Waals surface area contributed by atoms with Crippen molar-refractivity contribution >= 4 is 17.8 Å². The first kappa shape index (κ1) is 29.1. The average molecular weight is 466 g/mol. The Morgan fingerprint density at radius 3 is 2.21 bits per heavy atom. The van der Waals surface area contributed by atoms with E-state index in [-0.39, 0.29) is 29.7 Å². The fraction of sp³-hybridized carbons (Fsp3) is 0.808. The summed E-state index contributed by atoms with van der Waals surface area (Å²) in [5.74, 6) is -0.443. The first-order valence-electron chi connectivity index (χ1n) is 12.8. The number of carbonyl (C=O) groups excluding carboxylic acids is 3. The molecule has 7 nitrogen and oxygen atoms in total. The summed E-state index contributed by atoms with van der Waals surface area (Å²) < 4.78 is 5.02. The molecule has 2 N–H and O–H groups in total. The topological polar surface area (TPSA) is 87.7 Å². The molecule has 1 rings (SSSR count). The Bertz CT molecular complexity index is 666.